The van der Waals surface area contributed by atoms with Crippen LogP contribution < -0.4 is 10.2 Å². The highest BCUT2D eigenvalue weighted by Gasteiger charge is 2.19. The van der Waals surface area contributed by atoms with E-state index in [2.05, 4.69) is 31.5 Å². The maximum Gasteiger partial charge on any atom is 0.255 e. The summed E-state index contributed by atoms with van der Waals surface area (Å²) in [7, 11) is 4.18. The number of nitrogens with one attached hydrogen (secondary N) is 2. The third-order valence-electron chi connectivity index (χ3n) is 4.76. The summed E-state index contributed by atoms with van der Waals surface area (Å²) in [5.41, 5.74) is 1.57. The molecule has 3 rings (SSSR count). The molecule has 0 bridgehead atoms. The number of carbonyl (C=O) groups is 1. The fraction of sp³-hybridized carbons (Fsp3) is 0.227. The molecule has 3 aromatic carbocycles. The molecule has 0 spiro atoms. The first-order chi connectivity index (χ1) is 12.5. The fourth-order valence-electron chi connectivity index (χ4n) is 3.10. The Hall–Kier alpha value is -2.85. The molecule has 0 aromatic heterocycles. The molecular weight excluding hydrogens is 324 g/mol. The van der Waals surface area contributed by atoms with Gasteiger partial charge in [-0.15, -0.1) is 0 Å². The van der Waals surface area contributed by atoms with E-state index in [1.165, 1.54) is 10.5 Å². The van der Waals surface area contributed by atoms with Crippen molar-refractivity contribution in [2.24, 2.45) is 0 Å². The van der Waals surface area contributed by atoms with Gasteiger partial charge in [0.2, 0.25) is 0 Å². The summed E-state index contributed by atoms with van der Waals surface area (Å²) in [5, 5.41) is 15.1. The van der Waals surface area contributed by atoms with Gasteiger partial charge in [-0.25, -0.2) is 0 Å². The van der Waals surface area contributed by atoms with Gasteiger partial charge in [-0.3, -0.25) is 4.79 Å². The van der Waals surface area contributed by atoms with E-state index in [-0.39, 0.29) is 17.7 Å². The van der Waals surface area contributed by atoms with Gasteiger partial charge in [0.15, 0.2) is 0 Å². The van der Waals surface area contributed by atoms with E-state index in [1.807, 2.05) is 42.5 Å². The van der Waals surface area contributed by atoms with Crippen molar-refractivity contribution in [1.82, 2.24) is 5.32 Å². The fourth-order valence-corrected chi connectivity index (χ4v) is 3.10. The Balaban J connectivity index is 1.71. The summed E-state index contributed by atoms with van der Waals surface area (Å²) in [6, 6.07) is 21.6. The van der Waals surface area contributed by atoms with E-state index in [1.54, 1.807) is 12.1 Å². The highest BCUT2D eigenvalue weighted by atomic mass is 16.3. The molecule has 0 heterocycles. The normalized spacial score (nSPS) is 12.3. The molecular formula is C22H25N2O2+. The number of quaternary nitrogens is 1. The summed E-state index contributed by atoms with van der Waals surface area (Å²) in [5.74, 6) is -0.231. The molecule has 0 saturated carbocycles. The van der Waals surface area contributed by atoms with Gasteiger partial charge in [-0.1, -0.05) is 54.6 Å². The summed E-state index contributed by atoms with van der Waals surface area (Å²) in [6.45, 7) is 0.544. The number of carbonyl (C=O) groups excluding carboxylic acids is 1. The molecule has 3 N–H and O–H groups in total. The average molecular weight is 349 g/mol. The number of fused-ring (bicyclic) bond motifs is 1. The smallest absolute Gasteiger partial charge is 0.255 e. The number of likely N-dealkylation sites (N-methyl/N-ethyl adjacent to an activating group) is 1. The van der Waals surface area contributed by atoms with Crippen LogP contribution in [0.15, 0.2) is 66.7 Å². The van der Waals surface area contributed by atoms with Gasteiger partial charge in [0.25, 0.3) is 5.91 Å². The van der Waals surface area contributed by atoms with Crippen molar-refractivity contribution in [2.75, 3.05) is 20.6 Å². The molecule has 0 aliphatic heterocycles. The number of phenols is 1. The van der Waals surface area contributed by atoms with Crippen molar-refractivity contribution >= 4 is 16.7 Å². The molecule has 0 fully saturated rings. The zero-order valence-corrected chi connectivity index (χ0v) is 15.2. The zero-order chi connectivity index (χ0) is 18.5. The maximum atomic E-state index is 12.6. The van der Waals surface area contributed by atoms with Crippen molar-refractivity contribution in [2.45, 2.75) is 12.5 Å². The average Bonchev–Trinajstić information content (AvgIpc) is 2.65. The molecule has 134 valence electrons. The molecule has 3 aromatic rings. The standard InChI is InChI=1S/C22H24N2O2/c1-24(2)19(12-16-8-4-3-5-9-16)15-23-22(26)20-13-17-10-6-7-11-18(17)14-21(20)25/h3-11,13-14,19,25H,12,15H2,1-2H3,(H,23,26)/p+1/t19-/m0/s1. The topological polar surface area (TPSA) is 53.8 Å². The minimum Gasteiger partial charge on any atom is -0.507 e. The second kappa shape index (κ2) is 8.02. The summed E-state index contributed by atoms with van der Waals surface area (Å²) in [6.07, 6.45) is 0.882. The first-order valence-electron chi connectivity index (χ1n) is 8.88. The summed E-state index contributed by atoms with van der Waals surface area (Å²) >= 11 is 0. The molecule has 1 atom stereocenters. The lowest BCUT2D eigenvalue weighted by atomic mass is 10.0. The molecule has 26 heavy (non-hydrogen) atoms. The SMILES string of the molecule is C[NH+](C)[C@H](CNC(=O)c1cc2ccccc2cc1O)Cc1ccccc1. The van der Waals surface area contributed by atoms with Gasteiger partial charge < -0.3 is 15.3 Å². The second-order valence-electron chi connectivity index (χ2n) is 6.89. The highest BCUT2D eigenvalue weighted by Crippen LogP contribution is 2.24. The lowest BCUT2D eigenvalue weighted by Gasteiger charge is -2.22. The van der Waals surface area contributed by atoms with E-state index >= 15 is 0 Å². The van der Waals surface area contributed by atoms with E-state index in [0.717, 1.165) is 17.2 Å². The molecule has 0 unspecified atom stereocenters. The summed E-state index contributed by atoms with van der Waals surface area (Å²) < 4.78 is 0. The van der Waals surface area contributed by atoms with Crippen LogP contribution in [0.25, 0.3) is 10.8 Å². The van der Waals surface area contributed by atoms with Crippen LogP contribution in [0.1, 0.15) is 15.9 Å². The molecule has 4 nitrogen and oxygen atoms in total. The highest BCUT2D eigenvalue weighted by molar-refractivity contribution is 6.01. The Kier molecular flexibility index (Phi) is 5.54. The molecule has 0 radical (unpaired) electrons. The van der Waals surface area contributed by atoms with E-state index in [0.29, 0.717) is 12.1 Å². The largest absolute Gasteiger partial charge is 0.507 e. The molecule has 1 amide bonds. The Morgan fingerprint density at radius 1 is 1.00 bits per heavy atom. The van der Waals surface area contributed by atoms with Crippen LogP contribution in [-0.4, -0.2) is 37.7 Å². The number of aromatic hydroxyl groups is 1. The third-order valence-corrected chi connectivity index (χ3v) is 4.76. The first kappa shape index (κ1) is 18.0. The van der Waals surface area contributed by atoms with Crippen LogP contribution in [0.4, 0.5) is 0 Å². The van der Waals surface area contributed by atoms with Crippen molar-refractivity contribution in [3.8, 4) is 5.75 Å². The quantitative estimate of drug-likeness (QED) is 0.638. The third kappa shape index (κ3) is 4.21. The van der Waals surface area contributed by atoms with Gasteiger partial charge in [-0.2, -0.15) is 0 Å². The molecule has 0 aliphatic rings. The van der Waals surface area contributed by atoms with E-state index in [4.69, 9.17) is 0 Å². The van der Waals surface area contributed by atoms with Crippen LogP contribution in [0, 0.1) is 0 Å². The number of hydrogen-bond acceptors (Lipinski definition) is 2. The van der Waals surface area contributed by atoms with Crippen molar-refractivity contribution in [1.29, 1.82) is 0 Å². The Morgan fingerprint density at radius 2 is 1.62 bits per heavy atom. The number of phenolic OH excluding ortho intramolecular Hbond substituents is 1. The molecule has 0 aliphatic carbocycles. The lowest BCUT2D eigenvalue weighted by molar-refractivity contribution is -0.884. The maximum absolute atomic E-state index is 12.6. The summed E-state index contributed by atoms with van der Waals surface area (Å²) in [4.78, 5) is 13.9. The van der Waals surface area contributed by atoms with Crippen LogP contribution in [0.2, 0.25) is 0 Å². The number of amides is 1. The lowest BCUT2D eigenvalue weighted by Crippen LogP contribution is -3.11. The zero-order valence-electron chi connectivity index (χ0n) is 15.2. The predicted molar refractivity (Wildman–Crippen MR) is 105 cm³/mol. The van der Waals surface area contributed by atoms with Crippen LogP contribution in [0.3, 0.4) is 0 Å². The van der Waals surface area contributed by atoms with Gasteiger partial charge in [0.05, 0.1) is 26.2 Å². The first-order valence-corrected chi connectivity index (χ1v) is 8.88. The Morgan fingerprint density at radius 3 is 2.27 bits per heavy atom. The van der Waals surface area contributed by atoms with Crippen LogP contribution in [0.5, 0.6) is 5.75 Å². The van der Waals surface area contributed by atoms with E-state index in [9.17, 15) is 9.90 Å². The predicted octanol–water partition coefficient (Wildman–Crippen LogP) is 2.03. The second-order valence-corrected chi connectivity index (χ2v) is 6.89. The molecule has 0 saturated heterocycles. The number of rotatable bonds is 6. The Bertz CT molecular complexity index is 891. The monoisotopic (exact) mass is 349 g/mol. The van der Waals surface area contributed by atoms with Crippen molar-refractivity contribution in [3.63, 3.8) is 0 Å². The minimum atomic E-state index is -0.243. The minimum absolute atomic E-state index is 0.0120. The van der Waals surface area contributed by atoms with E-state index < -0.39 is 0 Å². The van der Waals surface area contributed by atoms with Gasteiger partial charge in [0, 0.05) is 6.42 Å². The van der Waals surface area contributed by atoms with Gasteiger partial charge in [0.1, 0.15) is 11.8 Å². The molecule has 4 heteroatoms. The van der Waals surface area contributed by atoms with Crippen LogP contribution in [-0.2, 0) is 6.42 Å². The van der Waals surface area contributed by atoms with Gasteiger partial charge in [-0.05, 0) is 28.5 Å². The van der Waals surface area contributed by atoms with Gasteiger partial charge >= 0.3 is 0 Å². The number of benzene rings is 3. The van der Waals surface area contributed by atoms with Crippen LogP contribution >= 0.6 is 0 Å². The number of hydrogen-bond donors (Lipinski definition) is 3. The Labute approximate surface area is 154 Å². The van der Waals surface area contributed by atoms with Crippen molar-refractivity contribution in [3.05, 3.63) is 77.9 Å². The van der Waals surface area contributed by atoms with Crippen molar-refractivity contribution < 1.29 is 14.8 Å².